The van der Waals surface area contributed by atoms with E-state index >= 15 is 0 Å². The Hall–Kier alpha value is -2.81. The number of urea groups is 1. The lowest BCUT2D eigenvalue weighted by Crippen LogP contribution is -2.48. The molecule has 2 aliphatic rings. The van der Waals surface area contributed by atoms with E-state index in [-0.39, 0.29) is 37.2 Å². The second-order valence-corrected chi connectivity index (χ2v) is 6.67. The molecule has 3 rings (SSSR count). The molecule has 2 heterocycles. The molecule has 1 fully saturated rings. The molecule has 1 atom stereocenters. The van der Waals surface area contributed by atoms with Crippen LogP contribution >= 0.6 is 0 Å². The van der Waals surface area contributed by atoms with Crippen molar-refractivity contribution in [3.05, 3.63) is 35.4 Å². The van der Waals surface area contributed by atoms with Crippen LogP contribution in [0.3, 0.4) is 0 Å². The molecule has 146 valence electrons. The second-order valence-electron chi connectivity index (χ2n) is 6.67. The molecule has 1 saturated carbocycles. The molecule has 1 aliphatic heterocycles. The van der Waals surface area contributed by atoms with Gasteiger partial charge < -0.3 is 25.1 Å². The maximum atomic E-state index is 12.6. The van der Waals surface area contributed by atoms with Gasteiger partial charge in [0.15, 0.2) is 0 Å². The molecule has 0 saturated heterocycles. The third-order valence-electron chi connectivity index (χ3n) is 4.26. The van der Waals surface area contributed by atoms with Gasteiger partial charge in [-0.3, -0.25) is 9.69 Å². The molecule has 3 N–H and O–H groups in total. The SMILES string of the molecule is CCOC(=O)C1=C(CN(C)CC(=O)NC2CC2)NC(=O)N[C@@H]1c1ccco1. The normalized spacial score (nSPS) is 19.5. The topological polar surface area (TPSA) is 113 Å². The molecule has 0 aromatic carbocycles. The average Bonchev–Trinajstić information content (AvgIpc) is 3.23. The lowest BCUT2D eigenvalue weighted by atomic mass is 10.00. The number of furan rings is 1. The molecule has 27 heavy (non-hydrogen) atoms. The predicted molar refractivity (Wildman–Crippen MR) is 95.4 cm³/mol. The third kappa shape index (κ3) is 4.88. The number of hydrogen-bond acceptors (Lipinski definition) is 6. The number of rotatable bonds is 8. The van der Waals surface area contributed by atoms with Crippen LogP contribution in [-0.4, -0.2) is 55.6 Å². The summed E-state index contributed by atoms with van der Waals surface area (Å²) in [5.74, 6) is -0.196. The number of carbonyl (C=O) groups is 3. The van der Waals surface area contributed by atoms with E-state index in [0.717, 1.165) is 12.8 Å². The molecule has 0 unspecified atom stereocenters. The Labute approximate surface area is 157 Å². The Kier molecular flexibility index (Phi) is 5.80. The van der Waals surface area contributed by atoms with Crippen LogP contribution in [-0.2, 0) is 14.3 Å². The molecule has 3 amide bonds. The van der Waals surface area contributed by atoms with Crippen LogP contribution < -0.4 is 16.0 Å². The van der Waals surface area contributed by atoms with Crippen LogP contribution in [0.25, 0.3) is 0 Å². The second kappa shape index (κ2) is 8.26. The zero-order chi connectivity index (χ0) is 19.4. The van der Waals surface area contributed by atoms with Gasteiger partial charge in [-0.1, -0.05) is 0 Å². The highest BCUT2D eigenvalue weighted by Gasteiger charge is 2.35. The summed E-state index contributed by atoms with van der Waals surface area (Å²) in [4.78, 5) is 38.4. The molecule has 1 aromatic rings. The minimum absolute atomic E-state index is 0.0823. The predicted octanol–water partition coefficient (Wildman–Crippen LogP) is 0.661. The van der Waals surface area contributed by atoms with Crippen LogP contribution in [0.15, 0.2) is 34.1 Å². The third-order valence-corrected chi connectivity index (χ3v) is 4.26. The van der Waals surface area contributed by atoms with Gasteiger partial charge >= 0.3 is 12.0 Å². The van der Waals surface area contributed by atoms with Gasteiger partial charge in [0.1, 0.15) is 11.8 Å². The Morgan fingerprint density at radius 1 is 1.41 bits per heavy atom. The Morgan fingerprint density at radius 3 is 2.81 bits per heavy atom. The minimum Gasteiger partial charge on any atom is -0.467 e. The largest absolute Gasteiger partial charge is 0.467 e. The van der Waals surface area contributed by atoms with Crippen molar-refractivity contribution in [2.24, 2.45) is 0 Å². The van der Waals surface area contributed by atoms with E-state index in [1.807, 2.05) is 0 Å². The summed E-state index contributed by atoms with van der Waals surface area (Å²) in [7, 11) is 1.75. The molecule has 0 bridgehead atoms. The van der Waals surface area contributed by atoms with Gasteiger partial charge in [-0.05, 0) is 38.9 Å². The fraction of sp³-hybridized carbons (Fsp3) is 0.500. The molecule has 0 radical (unpaired) electrons. The minimum atomic E-state index is -0.753. The molecule has 0 spiro atoms. The molecule has 1 aromatic heterocycles. The van der Waals surface area contributed by atoms with E-state index in [2.05, 4.69) is 16.0 Å². The van der Waals surface area contributed by atoms with Crippen LogP contribution in [0, 0.1) is 0 Å². The Bertz CT molecular complexity index is 739. The van der Waals surface area contributed by atoms with E-state index in [1.54, 1.807) is 31.0 Å². The standard InChI is InChI=1S/C18H24N4O5/c1-3-26-17(24)15-12(9-22(2)10-14(23)19-11-6-7-11)20-18(25)21-16(15)13-5-4-8-27-13/h4-5,8,11,16H,3,6-7,9-10H2,1-2H3,(H,19,23)(H2,20,21,25)/t16-/m1/s1. The van der Waals surface area contributed by atoms with Crippen LogP contribution in [0.1, 0.15) is 31.6 Å². The van der Waals surface area contributed by atoms with Crippen molar-refractivity contribution < 1.29 is 23.5 Å². The van der Waals surface area contributed by atoms with Crippen molar-refractivity contribution in [1.29, 1.82) is 0 Å². The smallest absolute Gasteiger partial charge is 0.338 e. The average molecular weight is 376 g/mol. The monoisotopic (exact) mass is 376 g/mol. The molecule has 1 aliphatic carbocycles. The lowest BCUT2D eigenvalue weighted by molar-refractivity contribution is -0.139. The van der Waals surface area contributed by atoms with E-state index in [1.165, 1.54) is 6.26 Å². The van der Waals surface area contributed by atoms with E-state index in [4.69, 9.17) is 9.15 Å². The Morgan fingerprint density at radius 2 is 2.19 bits per heavy atom. The number of hydrogen-bond donors (Lipinski definition) is 3. The summed E-state index contributed by atoms with van der Waals surface area (Å²) in [5.41, 5.74) is 0.654. The van der Waals surface area contributed by atoms with Gasteiger partial charge in [-0.15, -0.1) is 0 Å². The summed E-state index contributed by atoms with van der Waals surface area (Å²) >= 11 is 0. The van der Waals surface area contributed by atoms with Crippen molar-refractivity contribution in [2.45, 2.75) is 31.8 Å². The number of amides is 3. The zero-order valence-electron chi connectivity index (χ0n) is 15.4. The number of carbonyl (C=O) groups excluding carboxylic acids is 3. The summed E-state index contributed by atoms with van der Waals surface area (Å²) in [6.07, 6.45) is 3.50. The number of likely N-dealkylation sites (N-methyl/N-ethyl adjacent to an activating group) is 1. The highest BCUT2D eigenvalue weighted by Crippen LogP contribution is 2.28. The zero-order valence-corrected chi connectivity index (χ0v) is 15.4. The number of nitrogens with one attached hydrogen (secondary N) is 3. The molecule has 9 heteroatoms. The number of esters is 1. The first-order valence-electron chi connectivity index (χ1n) is 8.97. The van der Waals surface area contributed by atoms with Crippen molar-refractivity contribution >= 4 is 17.9 Å². The maximum Gasteiger partial charge on any atom is 0.338 e. The molecule has 9 nitrogen and oxygen atoms in total. The summed E-state index contributed by atoms with van der Waals surface area (Å²) < 4.78 is 10.6. The van der Waals surface area contributed by atoms with Crippen molar-refractivity contribution in [1.82, 2.24) is 20.9 Å². The van der Waals surface area contributed by atoms with Gasteiger partial charge in [0.25, 0.3) is 0 Å². The first-order chi connectivity index (χ1) is 13.0. The summed E-state index contributed by atoms with van der Waals surface area (Å²) in [5, 5.41) is 8.27. The van der Waals surface area contributed by atoms with Crippen LogP contribution in [0.4, 0.5) is 4.79 Å². The first kappa shape index (κ1) is 19.0. The number of ether oxygens (including phenoxy) is 1. The van der Waals surface area contributed by atoms with E-state index < -0.39 is 18.0 Å². The van der Waals surface area contributed by atoms with Gasteiger partial charge in [-0.2, -0.15) is 0 Å². The van der Waals surface area contributed by atoms with Gasteiger partial charge in [0.2, 0.25) is 5.91 Å². The lowest BCUT2D eigenvalue weighted by Gasteiger charge is -2.29. The quantitative estimate of drug-likeness (QED) is 0.575. The Balaban J connectivity index is 1.81. The first-order valence-corrected chi connectivity index (χ1v) is 8.97. The molecular formula is C18H24N4O5. The highest BCUT2D eigenvalue weighted by atomic mass is 16.5. The van der Waals surface area contributed by atoms with E-state index in [0.29, 0.717) is 11.5 Å². The van der Waals surface area contributed by atoms with Gasteiger partial charge in [0.05, 0.1) is 25.0 Å². The maximum absolute atomic E-state index is 12.6. The number of nitrogens with zero attached hydrogens (tertiary/aromatic N) is 1. The summed E-state index contributed by atoms with van der Waals surface area (Å²) in [6, 6.07) is 2.44. The van der Waals surface area contributed by atoms with Gasteiger partial charge in [0, 0.05) is 18.3 Å². The van der Waals surface area contributed by atoms with Crippen LogP contribution in [0.5, 0.6) is 0 Å². The van der Waals surface area contributed by atoms with Crippen molar-refractivity contribution in [3.63, 3.8) is 0 Å². The van der Waals surface area contributed by atoms with Gasteiger partial charge in [-0.25, -0.2) is 9.59 Å². The fourth-order valence-electron chi connectivity index (χ4n) is 2.93. The summed E-state index contributed by atoms with van der Waals surface area (Å²) in [6.45, 7) is 2.28. The van der Waals surface area contributed by atoms with Crippen LogP contribution in [0.2, 0.25) is 0 Å². The van der Waals surface area contributed by atoms with Crippen molar-refractivity contribution in [3.8, 4) is 0 Å². The van der Waals surface area contributed by atoms with E-state index in [9.17, 15) is 14.4 Å². The highest BCUT2D eigenvalue weighted by molar-refractivity contribution is 5.95. The molecular weight excluding hydrogens is 352 g/mol. The fourth-order valence-corrected chi connectivity index (χ4v) is 2.93. The van der Waals surface area contributed by atoms with Crippen molar-refractivity contribution in [2.75, 3.05) is 26.7 Å².